The number of aliphatic hydroxyl groups excluding tert-OH is 1. The third kappa shape index (κ3) is 12.3. The molecule has 1 aliphatic heterocycles. The van der Waals surface area contributed by atoms with E-state index in [1.54, 1.807) is 7.11 Å². The van der Waals surface area contributed by atoms with Crippen LogP contribution in [0.25, 0.3) is 0 Å². The van der Waals surface area contributed by atoms with Crippen LogP contribution < -0.4 is 20.7 Å². The van der Waals surface area contributed by atoms with E-state index in [-0.39, 0.29) is 19.6 Å². The van der Waals surface area contributed by atoms with E-state index in [4.69, 9.17) is 14.2 Å². The SMILES string of the molecule is CCCC(CCC)S(=O)(=O)CC(NC(=O)O[C@H]1CCOC1)C(=O)N[C@@H](Cc1ccccc1)[C@H](O)CNCc1cccc(OC)c1. The lowest BCUT2D eigenvalue weighted by Crippen LogP contribution is -2.57. The number of carbonyl (C=O) groups is 2. The minimum atomic E-state index is -3.77. The van der Waals surface area contributed by atoms with Gasteiger partial charge in [-0.2, -0.15) is 0 Å². The summed E-state index contributed by atoms with van der Waals surface area (Å²) < 4.78 is 43.0. The van der Waals surface area contributed by atoms with Gasteiger partial charge in [0.05, 0.1) is 43.5 Å². The standard InChI is InChI=1S/C33H49N3O8S/c1-4-10-28(11-5-2)45(40,41)23-30(36-33(39)44-27-16-17-43-22-27)32(38)35-29(19-24-12-7-6-8-13-24)31(37)21-34-20-25-14-9-15-26(18-25)42-3/h6-9,12-15,18,27-31,34,37H,4-5,10-11,16-17,19-23H2,1-3H3,(H,35,38)(H,36,39)/t27-,29-,30?,31+/m0/s1. The molecule has 0 radical (unpaired) electrons. The molecule has 0 saturated carbocycles. The summed E-state index contributed by atoms with van der Waals surface area (Å²) in [4.78, 5) is 26.6. The smallest absolute Gasteiger partial charge is 0.408 e. The first-order chi connectivity index (χ1) is 21.6. The van der Waals surface area contributed by atoms with E-state index >= 15 is 0 Å². The Morgan fingerprint density at radius 1 is 1.02 bits per heavy atom. The second kappa shape index (κ2) is 18.7. The first-order valence-electron chi connectivity index (χ1n) is 15.8. The minimum absolute atomic E-state index is 0.143. The number of hydrogen-bond acceptors (Lipinski definition) is 9. The molecule has 2 aromatic carbocycles. The van der Waals surface area contributed by atoms with Gasteiger partial charge in [0, 0.05) is 19.5 Å². The highest BCUT2D eigenvalue weighted by molar-refractivity contribution is 7.92. The predicted molar refractivity (Wildman–Crippen MR) is 173 cm³/mol. The van der Waals surface area contributed by atoms with Gasteiger partial charge >= 0.3 is 6.09 Å². The summed E-state index contributed by atoms with van der Waals surface area (Å²) in [6.07, 6.45) is 0.680. The fourth-order valence-corrected chi connectivity index (χ4v) is 7.52. The molecule has 3 rings (SSSR count). The van der Waals surface area contributed by atoms with Crippen LogP contribution >= 0.6 is 0 Å². The molecule has 4 atom stereocenters. The van der Waals surface area contributed by atoms with Crippen LogP contribution in [-0.2, 0) is 37.1 Å². The molecule has 0 aliphatic carbocycles. The highest BCUT2D eigenvalue weighted by Crippen LogP contribution is 2.18. The van der Waals surface area contributed by atoms with Crippen LogP contribution in [0.5, 0.6) is 5.75 Å². The van der Waals surface area contributed by atoms with E-state index in [1.807, 2.05) is 68.4 Å². The lowest BCUT2D eigenvalue weighted by Gasteiger charge is -2.28. The van der Waals surface area contributed by atoms with Crippen LogP contribution in [0.3, 0.4) is 0 Å². The van der Waals surface area contributed by atoms with Crippen molar-refractivity contribution in [3.63, 3.8) is 0 Å². The quantitative estimate of drug-likeness (QED) is 0.180. The van der Waals surface area contributed by atoms with E-state index in [1.165, 1.54) is 0 Å². The molecule has 2 amide bonds. The highest BCUT2D eigenvalue weighted by Gasteiger charge is 2.35. The van der Waals surface area contributed by atoms with E-state index in [2.05, 4.69) is 16.0 Å². The number of amides is 2. The van der Waals surface area contributed by atoms with Gasteiger partial charge in [0.15, 0.2) is 9.84 Å². The number of hydrogen-bond donors (Lipinski definition) is 4. The summed E-state index contributed by atoms with van der Waals surface area (Å²) in [5.74, 6) is -0.573. The molecule has 0 bridgehead atoms. The monoisotopic (exact) mass is 647 g/mol. The molecular weight excluding hydrogens is 598 g/mol. The second-order valence-corrected chi connectivity index (χ2v) is 13.8. The summed E-state index contributed by atoms with van der Waals surface area (Å²) in [6.45, 7) is 5.13. The summed E-state index contributed by atoms with van der Waals surface area (Å²) in [7, 11) is -2.18. The van der Waals surface area contributed by atoms with E-state index in [0.717, 1.165) is 16.9 Å². The third-order valence-corrected chi connectivity index (χ3v) is 10.1. The largest absolute Gasteiger partial charge is 0.497 e. The fraction of sp³-hybridized carbons (Fsp3) is 0.576. The maximum atomic E-state index is 13.8. The van der Waals surface area contributed by atoms with Gasteiger partial charge in [0.1, 0.15) is 17.9 Å². The highest BCUT2D eigenvalue weighted by atomic mass is 32.2. The maximum absolute atomic E-state index is 13.8. The van der Waals surface area contributed by atoms with Crippen molar-refractivity contribution in [3.8, 4) is 5.75 Å². The average Bonchev–Trinajstić information content (AvgIpc) is 3.53. The van der Waals surface area contributed by atoms with Crippen molar-refractivity contribution in [2.75, 3.05) is 32.6 Å². The average molecular weight is 648 g/mol. The Morgan fingerprint density at radius 3 is 2.38 bits per heavy atom. The zero-order valence-corrected chi connectivity index (χ0v) is 27.4. The molecule has 1 aliphatic rings. The molecule has 4 N–H and O–H groups in total. The normalized spacial score (nSPS) is 17.0. The summed E-state index contributed by atoms with van der Waals surface area (Å²) in [6, 6.07) is 14.7. The van der Waals surface area contributed by atoms with Gasteiger partial charge in [-0.3, -0.25) is 4.79 Å². The molecule has 11 nitrogen and oxygen atoms in total. The molecule has 1 heterocycles. The van der Waals surface area contributed by atoms with Crippen molar-refractivity contribution < 1.29 is 37.3 Å². The Hall–Kier alpha value is -3.19. The van der Waals surface area contributed by atoms with Crippen molar-refractivity contribution in [2.24, 2.45) is 0 Å². The molecule has 1 fully saturated rings. The van der Waals surface area contributed by atoms with Crippen molar-refractivity contribution >= 4 is 21.8 Å². The number of nitrogens with one attached hydrogen (secondary N) is 3. The molecule has 0 spiro atoms. The van der Waals surface area contributed by atoms with Gasteiger partial charge in [0.2, 0.25) is 5.91 Å². The van der Waals surface area contributed by atoms with Crippen LogP contribution in [0, 0.1) is 0 Å². The number of benzene rings is 2. The van der Waals surface area contributed by atoms with Crippen LogP contribution in [0.4, 0.5) is 4.79 Å². The third-order valence-electron chi connectivity index (χ3n) is 7.81. The zero-order chi connectivity index (χ0) is 32.7. The molecule has 45 heavy (non-hydrogen) atoms. The minimum Gasteiger partial charge on any atom is -0.497 e. The summed E-state index contributed by atoms with van der Waals surface area (Å²) in [5, 5.41) is 19.2. The molecule has 12 heteroatoms. The number of alkyl carbamates (subject to hydrolysis) is 1. The molecule has 2 aromatic rings. The topological polar surface area (TPSA) is 152 Å². The fourth-order valence-electron chi connectivity index (χ4n) is 5.36. The zero-order valence-electron chi connectivity index (χ0n) is 26.6. The van der Waals surface area contributed by atoms with E-state index in [0.29, 0.717) is 45.3 Å². The van der Waals surface area contributed by atoms with Crippen molar-refractivity contribution in [1.29, 1.82) is 0 Å². The lowest BCUT2D eigenvalue weighted by atomic mass is 10.0. The van der Waals surface area contributed by atoms with Gasteiger partial charge < -0.3 is 35.3 Å². The maximum Gasteiger partial charge on any atom is 0.408 e. The first-order valence-corrected chi connectivity index (χ1v) is 17.5. The molecule has 0 aromatic heterocycles. The molecule has 250 valence electrons. The van der Waals surface area contributed by atoms with Crippen LogP contribution in [0.2, 0.25) is 0 Å². The summed E-state index contributed by atoms with van der Waals surface area (Å²) >= 11 is 0. The number of carbonyl (C=O) groups excluding carboxylic acids is 2. The number of sulfone groups is 1. The number of ether oxygens (including phenoxy) is 3. The van der Waals surface area contributed by atoms with Gasteiger partial charge in [0.25, 0.3) is 0 Å². The number of aliphatic hydroxyl groups is 1. The Labute approximate surface area is 267 Å². The Morgan fingerprint density at radius 2 is 1.73 bits per heavy atom. The van der Waals surface area contributed by atoms with Gasteiger partial charge in [-0.25, -0.2) is 13.2 Å². The van der Waals surface area contributed by atoms with Gasteiger partial charge in [-0.05, 0) is 42.5 Å². The van der Waals surface area contributed by atoms with Crippen LogP contribution in [0.1, 0.15) is 57.1 Å². The first kappa shape index (κ1) is 36.3. The second-order valence-electron chi connectivity index (χ2n) is 11.5. The van der Waals surface area contributed by atoms with Crippen LogP contribution in [-0.4, -0.2) is 87.7 Å². The Kier molecular flexibility index (Phi) is 15.1. The van der Waals surface area contributed by atoms with Crippen LogP contribution in [0.15, 0.2) is 54.6 Å². The molecular formula is C33H49N3O8S. The molecule has 1 saturated heterocycles. The number of methoxy groups -OCH3 is 1. The van der Waals surface area contributed by atoms with Crippen molar-refractivity contribution in [3.05, 3.63) is 65.7 Å². The van der Waals surface area contributed by atoms with E-state index in [9.17, 15) is 23.1 Å². The summed E-state index contributed by atoms with van der Waals surface area (Å²) in [5.41, 5.74) is 1.83. The number of rotatable bonds is 19. The predicted octanol–water partition coefficient (Wildman–Crippen LogP) is 3.14. The van der Waals surface area contributed by atoms with Crippen molar-refractivity contribution in [2.45, 2.75) is 88.5 Å². The van der Waals surface area contributed by atoms with Gasteiger partial charge in [-0.1, -0.05) is 69.2 Å². The van der Waals surface area contributed by atoms with Gasteiger partial charge in [-0.15, -0.1) is 0 Å². The Bertz CT molecular complexity index is 1280. The lowest BCUT2D eigenvalue weighted by molar-refractivity contribution is -0.124. The van der Waals surface area contributed by atoms with E-state index < -0.39 is 57.1 Å². The Balaban J connectivity index is 1.78. The van der Waals surface area contributed by atoms with Crippen molar-refractivity contribution in [1.82, 2.24) is 16.0 Å². The molecule has 1 unspecified atom stereocenters.